The fourth-order valence-electron chi connectivity index (χ4n) is 2.77. The number of pyridine rings is 1. The number of rotatable bonds is 2. The number of nitrogens with zero attached hydrogens (tertiary/aromatic N) is 4. The van der Waals surface area contributed by atoms with E-state index in [0.717, 1.165) is 43.3 Å². The Morgan fingerprint density at radius 3 is 2.73 bits per heavy atom. The molecule has 3 heterocycles. The molecule has 2 aromatic rings. The molecule has 4 nitrogen and oxygen atoms in total. The Balaban J connectivity index is 1.78. The van der Waals surface area contributed by atoms with Crippen molar-refractivity contribution in [1.82, 2.24) is 19.9 Å². The fraction of sp³-hybridized carbons (Fsp3) is 0.500. The van der Waals surface area contributed by atoms with Crippen LogP contribution in [0.1, 0.15) is 49.2 Å². The first-order valence-corrected chi connectivity index (χ1v) is 7.92. The van der Waals surface area contributed by atoms with E-state index in [0.29, 0.717) is 0 Å². The van der Waals surface area contributed by atoms with Gasteiger partial charge in [-0.1, -0.05) is 26.8 Å². The van der Waals surface area contributed by atoms with Crippen LogP contribution < -0.4 is 0 Å². The van der Waals surface area contributed by atoms with Crippen LogP contribution in [0.5, 0.6) is 0 Å². The molecule has 3 rings (SSSR count). The molecule has 0 radical (unpaired) electrons. The van der Waals surface area contributed by atoms with E-state index >= 15 is 0 Å². The summed E-state index contributed by atoms with van der Waals surface area (Å²) in [7, 11) is 0. The molecule has 2 aromatic heterocycles. The average molecular weight is 296 g/mol. The third-order valence-corrected chi connectivity index (χ3v) is 4.03. The Hall–Kier alpha value is -1.81. The average Bonchev–Trinajstić information content (AvgIpc) is 2.45. The summed E-state index contributed by atoms with van der Waals surface area (Å²) in [4.78, 5) is 16.4. The second kappa shape index (κ2) is 5.76. The Morgan fingerprint density at radius 1 is 1.18 bits per heavy atom. The summed E-state index contributed by atoms with van der Waals surface area (Å²) < 4.78 is 0. The molecular weight excluding hydrogens is 272 g/mol. The van der Waals surface area contributed by atoms with Gasteiger partial charge in [0.1, 0.15) is 5.82 Å². The highest BCUT2D eigenvalue weighted by Crippen LogP contribution is 2.23. The van der Waals surface area contributed by atoms with Crippen LogP contribution in [-0.2, 0) is 24.9 Å². The summed E-state index contributed by atoms with van der Waals surface area (Å²) in [6, 6.07) is 6.22. The summed E-state index contributed by atoms with van der Waals surface area (Å²) in [6.07, 6.45) is 3.04. The zero-order chi connectivity index (χ0) is 15.7. The molecule has 0 fully saturated rings. The Kier molecular flexibility index (Phi) is 3.96. The predicted octanol–water partition coefficient (Wildman–Crippen LogP) is 3.04. The van der Waals surface area contributed by atoms with E-state index in [1.807, 2.05) is 19.2 Å². The van der Waals surface area contributed by atoms with Crippen LogP contribution in [0.4, 0.5) is 0 Å². The van der Waals surface area contributed by atoms with Crippen LogP contribution >= 0.6 is 0 Å². The molecule has 22 heavy (non-hydrogen) atoms. The second-order valence-corrected chi connectivity index (χ2v) is 7.15. The molecule has 0 bridgehead atoms. The molecule has 4 heteroatoms. The number of hydrogen-bond acceptors (Lipinski definition) is 4. The molecule has 0 atom stereocenters. The van der Waals surface area contributed by atoms with E-state index < -0.39 is 0 Å². The summed E-state index contributed by atoms with van der Waals surface area (Å²) in [6.45, 7) is 11.3. The molecular formula is C18H24N4. The van der Waals surface area contributed by atoms with Gasteiger partial charge in [-0.25, -0.2) is 9.97 Å². The van der Waals surface area contributed by atoms with Gasteiger partial charge in [-0.15, -0.1) is 0 Å². The summed E-state index contributed by atoms with van der Waals surface area (Å²) in [5.74, 6) is 0.932. The smallest absolute Gasteiger partial charge is 0.133 e. The Labute approximate surface area is 132 Å². The minimum atomic E-state index is -0.00456. The monoisotopic (exact) mass is 296 g/mol. The maximum absolute atomic E-state index is 4.82. The van der Waals surface area contributed by atoms with Crippen molar-refractivity contribution in [3.63, 3.8) is 0 Å². The normalized spacial score (nSPS) is 15.6. The van der Waals surface area contributed by atoms with Crippen LogP contribution in [0.3, 0.4) is 0 Å². The SMILES string of the molecule is Cc1cccc(CN2CCc3cnc(C(C)(C)C)nc3C2)n1. The van der Waals surface area contributed by atoms with Crippen LogP contribution in [0.2, 0.25) is 0 Å². The largest absolute Gasteiger partial charge is 0.291 e. The lowest BCUT2D eigenvalue weighted by molar-refractivity contribution is 0.237. The number of aromatic nitrogens is 3. The molecule has 0 aromatic carbocycles. The highest BCUT2D eigenvalue weighted by molar-refractivity contribution is 5.22. The van der Waals surface area contributed by atoms with Crippen molar-refractivity contribution in [3.8, 4) is 0 Å². The molecule has 0 amide bonds. The third-order valence-electron chi connectivity index (χ3n) is 4.03. The van der Waals surface area contributed by atoms with Gasteiger partial charge in [0.15, 0.2) is 0 Å². The van der Waals surface area contributed by atoms with Gasteiger partial charge in [0.25, 0.3) is 0 Å². The molecule has 116 valence electrons. The minimum Gasteiger partial charge on any atom is -0.291 e. The zero-order valence-electron chi connectivity index (χ0n) is 13.9. The van der Waals surface area contributed by atoms with Gasteiger partial charge in [0.05, 0.1) is 11.4 Å². The predicted molar refractivity (Wildman–Crippen MR) is 87.5 cm³/mol. The van der Waals surface area contributed by atoms with Crippen LogP contribution in [0.15, 0.2) is 24.4 Å². The quantitative estimate of drug-likeness (QED) is 0.854. The van der Waals surface area contributed by atoms with Gasteiger partial charge < -0.3 is 0 Å². The lowest BCUT2D eigenvalue weighted by Gasteiger charge is -2.28. The second-order valence-electron chi connectivity index (χ2n) is 7.15. The third kappa shape index (κ3) is 3.33. The van der Waals surface area contributed by atoms with Gasteiger partial charge in [-0.2, -0.15) is 0 Å². The molecule has 0 aliphatic carbocycles. The van der Waals surface area contributed by atoms with Crippen molar-refractivity contribution in [2.75, 3.05) is 6.54 Å². The van der Waals surface area contributed by atoms with Crippen LogP contribution in [0.25, 0.3) is 0 Å². The van der Waals surface area contributed by atoms with E-state index in [4.69, 9.17) is 4.98 Å². The van der Waals surface area contributed by atoms with Gasteiger partial charge in [0.2, 0.25) is 0 Å². The number of aryl methyl sites for hydroxylation is 1. The lowest BCUT2D eigenvalue weighted by atomic mass is 9.95. The minimum absolute atomic E-state index is 0.00456. The first-order chi connectivity index (χ1) is 10.4. The highest BCUT2D eigenvalue weighted by atomic mass is 15.1. The van der Waals surface area contributed by atoms with Crippen molar-refractivity contribution in [2.45, 2.75) is 52.6 Å². The van der Waals surface area contributed by atoms with Gasteiger partial charge in [0, 0.05) is 36.9 Å². The fourth-order valence-corrected chi connectivity index (χ4v) is 2.77. The zero-order valence-corrected chi connectivity index (χ0v) is 13.9. The molecule has 0 spiro atoms. The van der Waals surface area contributed by atoms with Gasteiger partial charge >= 0.3 is 0 Å². The summed E-state index contributed by atoms with van der Waals surface area (Å²) in [5.41, 5.74) is 4.68. The van der Waals surface area contributed by atoms with E-state index in [-0.39, 0.29) is 5.41 Å². The lowest BCUT2D eigenvalue weighted by Crippen LogP contribution is -2.32. The Bertz CT molecular complexity index is 673. The van der Waals surface area contributed by atoms with Crippen molar-refractivity contribution in [3.05, 3.63) is 52.9 Å². The van der Waals surface area contributed by atoms with Crippen LogP contribution in [-0.4, -0.2) is 26.4 Å². The van der Waals surface area contributed by atoms with Gasteiger partial charge in [-0.3, -0.25) is 9.88 Å². The van der Waals surface area contributed by atoms with Crippen molar-refractivity contribution < 1.29 is 0 Å². The molecule has 0 saturated heterocycles. The summed E-state index contributed by atoms with van der Waals surface area (Å²) >= 11 is 0. The topological polar surface area (TPSA) is 41.9 Å². The Morgan fingerprint density at radius 2 is 2.00 bits per heavy atom. The standard InChI is InChI=1S/C18H24N4/c1-13-6-5-7-15(20-13)11-22-9-8-14-10-19-17(18(2,3)4)21-16(14)12-22/h5-7,10H,8-9,11-12H2,1-4H3. The molecule has 0 unspecified atom stereocenters. The highest BCUT2D eigenvalue weighted by Gasteiger charge is 2.23. The van der Waals surface area contributed by atoms with E-state index in [1.165, 1.54) is 11.3 Å². The van der Waals surface area contributed by atoms with Crippen molar-refractivity contribution in [1.29, 1.82) is 0 Å². The molecule has 1 aliphatic rings. The summed E-state index contributed by atoms with van der Waals surface area (Å²) in [5, 5.41) is 0. The van der Waals surface area contributed by atoms with E-state index in [2.05, 4.69) is 47.8 Å². The first-order valence-electron chi connectivity index (χ1n) is 7.92. The van der Waals surface area contributed by atoms with Crippen LogP contribution in [0, 0.1) is 6.92 Å². The van der Waals surface area contributed by atoms with Crippen molar-refractivity contribution >= 4 is 0 Å². The van der Waals surface area contributed by atoms with Crippen molar-refractivity contribution in [2.24, 2.45) is 0 Å². The molecule has 0 saturated carbocycles. The van der Waals surface area contributed by atoms with E-state index in [9.17, 15) is 0 Å². The van der Waals surface area contributed by atoms with E-state index in [1.54, 1.807) is 0 Å². The number of hydrogen-bond donors (Lipinski definition) is 0. The number of fused-ring (bicyclic) bond motifs is 1. The first kappa shape index (κ1) is 15.1. The maximum Gasteiger partial charge on any atom is 0.133 e. The van der Waals surface area contributed by atoms with Gasteiger partial charge in [-0.05, 0) is 31.0 Å². The molecule has 1 aliphatic heterocycles. The maximum atomic E-state index is 4.82. The molecule has 0 N–H and O–H groups in total.